The Morgan fingerprint density at radius 3 is 2.34 bits per heavy atom. The van der Waals surface area contributed by atoms with Crippen LogP contribution in [0, 0.1) is 0 Å². The Kier molecular flexibility index (Phi) is 6.94. The number of alkyl halides is 2. The topological polar surface area (TPSA) is 84.9 Å². The summed E-state index contributed by atoms with van der Waals surface area (Å²) in [6, 6.07) is 18.0. The third kappa shape index (κ3) is 5.14. The molecule has 0 saturated heterocycles. The number of hydrogen-bond donors (Lipinski definition) is 1. The molecular weight excluding hydrogens is 442 g/mol. The number of carbonyl (C=O) groups excluding carboxylic acids is 1. The molecule has 0 aromatic heterocycles. The number of nitrogens with one attached hydrogen (secondary N) is 1. The van der Waals surface area contributed by atoms with E-state index in [-0.39, 0.29) is 27.6 Å². The molecule has 0 fully saturated rings. The Hall–Kier alpha value is -3.66. The van der Waals surface area contributed by atoms with Gasteiger partial charge < -0.3 is 14.8 Å². The zero-order valence-corrected chi connectivity index (χ0v) is 18.0. The lowest BCUT2D eigenvalue weighted by Crippen LogP contribution is -2.26. The van der Waals surface area contributed by atoms with Gasteiger partial charge in [-0.05, 0) is 42.5 Å². The number of ether oxygens (including phenoxy) is 2. The number of hydrogen-bond acceptors (Lipinski definition) is 5. The summed E-state index contributed by atoms with van der Waals surface area (Å²) in [5.74, 6) is -0.806. The van der Waals surface area contributed by atoms with Gasteiger partial charge in [0.05, 0.1) is 17.7 Å². The van der Waals surface area contributed by atoms with Crippen LogP contribution in [0.25, 0.3) is 0 Å². The minimum absolute atomic E-state index is 0.0692. The van der Waals surface area contributed by atoms with Gasteiger partial charge in [0.1, 0.15) is 0 Å². The second-order valence-corrected chi connectivity index (χ2v) is 8.50. The molecule has 1 amide bonds. The third-order valence-electron chi connectivity index (χ3n) is 4.51. The van der Waals surface area contributed by atoms with Gasteiger partial charge in [0.15, 0.2) is 11.5 Å². The quantitative estimate of drug-likeness (QED) is 0.537. The molecule has 7 nitrogen and oxygen atoms in total. The smallest absolute Gasteiger partial charge is 0.387 e. The van der Waals surface area contributed by atoms with Crippen LogP contribution in [0.4, 0.5) is 20.2 Å². The first-order chi connectivity index (χ1) is 15.2. The summed E-state index contributed by atoms with van der Waals surface area (Å²) < 4.78 is 61.7. The zero-order chi connectivity index (χ0) is 23.3. The number of rotatable bonds is 8. The molecular formula is C22H20F2N2O5S. The monoisotopic (exact) mass is 462 g/mol. The van der Waals surface area contributed by atoms with E-state index in [0.717, 1.165) is 4.31 Å². The molecule has 10 heteroatoms. The van der Waals surface area contributed by atoms with Gasteiger partial charge in [0.25, 0.3) is 15.9 Å². The van der Waals surface area contributed by atoms with Crippen LogP contribution in [-0.4, -0.2) is 35.1 Å². The van der Waals surface area contributed by atoms with E-state index >= 15 is 0 Å². The van der Waals surface area contributed by atoms with Crippen molar-refractivity contribution in [3.05, 3.63) is 78.4 Å². The van der Waals surface area contributed by atoms with Gasteiger partial charge in [-0.15, -0.1) is 0 Å². The highest BCUT2D eigenvalue weighted by atomic mass is 32.2. The van der Waals surface area contributed by atoms with E-state index < -0.39 is 22.5 Å². The number of methoxy groups -OCH3 is 1. The molecule has 0 aliphatic carbocycles. The SMILES string of the molecule is COc1ccc(NC(=O)c2cccc(S(=O)(=O)N(C)c3ccccc3)c2)cc1OC(F)F. The molecule has 168 valence electrons. The average Bonchev–Trinajstić information content (AvgIpc) is 2.79. The van der Waals surface area contributed by atoms with Crippen molar-refractivity contribution in [3.63, 3.8) is 0 Å². The van der Waals surface area contributed by atoms with Crippen LogP contribution in [-0.2, 0) is 10.0 Å². The minimum atomic E-state index is -3.92. The van der Waals surface area contributed by atoms with Crippen molar-refractivity contribution >= 4 is 27.3 Å². The molecule has 0 saturated carbocycles. The lowest BCUT2D eigenvalue weighted by Gasteiger charge is -2.19. The highest BCUT2D eigenvalue weighted by Crippen LogP contribution is 2.31. The lowest BCUT2D eigenvalue weighted by atomic mass is 10.2. The van der Waals surface area contributed by atoms with Crippen molar-refractivity contribution in [2.75, 3.05) is 23.8 Å². The average molecular weight is 462 g/mol. The molecule has 3 aromatic carbocycles. The molecule has 0 bridgehead atoms. The molecule has 3 aromatic rings. The first-order valence-corrected chi connectivity index (χ1v) is 10.7. The number of halogens is 2. The van der Waals surface area contributed by atoms with Gasteiger partial charge >= 0.3 is 6.61 Å². The first kappa shape index (κ1) is 23.0. The summed E-state index contributed by atoms with van der Waals surface area (Å²) in [5.41, 5.74) is 0.702. The number of sulfonamides is 1. The molecule has 0 radical (unpaired) electrons. The van der Waals surface area contributed by atoms with Crippen molar-refractivity contribution in [3.8, 4) is 11.5 Å². The Morgan fingerprint density at radius 2 is 1.69 bits per heavy atom. The van der Waals surface area contributed by atoms with Crippen molar-refractivity contribution in [1.29, 1.82) is 0 Å². The molecule has 1 N–H and O–H groups in total. The maximum atomic E-state index is 13.0. The maximum absolute atomic E-state index is 13.0. The van der Waals surface area contributed by atoms with Crippen LogP contribution >= 0.6 is 0 Å². The summed E-state index contributed by atoms with van der Waals surface area (Å²) in [4.78, 5) is 12.6. The molecule has 0 aliphatic heterocycles. The number of anilines is 2. The standard InChI is InChI=1S/C22H20F2N2O5S/c1-26(17-8-4-3-5-9-17)32(28,29)18-10-6-7-15(13-18)21(27)25-16-11-12-19(30-2)20(14-16)31-22(23)24/h3-14,22H,1-2H3,(H,25,27). The molecule has 0 aliphatic rings. The fourth-order valence-electron chi connectivity index (χ4n) is 2.88. The van der Waals surface area contributed by atoms with Gasteiger partial charge in [-0.25, -0.2) is 8.42 Å². The van der Waals surface area contributed by atoms with Gasteiger partial charge in [-0.2, -0.15) is 8.78 Å². The van der Waals surface area contributed by atoms with E-state index in [1.165, 1.54) is 56.6 Å². The zero-order valence-electron chi connectivity index (χ0n) is 17.2. The van der Waals surface area contributed by atoms with Gasteiger partial charge in [-0.3, -0.25) is 9.10 Å². The predicted octanol–water partition coefficient (Wildman–Crippen LogP) is 4.37. The largest absolute Gasteiger partial charge is 0.493 e. The number of amides is 1. The third-order valence-corrected chi connectivity index (χ3v) is 6.29. The van der Waals surface area contributed by atoms with Gasteiger partial charge in [-0.1, -0.05) is 24.3 Å². The molecule has 32 heavy (non-hydrogen) atoms. The van der Waals surface area contributed by atoms with Gasteiger partial charge in [0, 0.05) is 24.4 Å². The van der Waals surface area contributed by atoms with Crippen molar-refractivity contribution in [2.24, 2.45) is 0 Å². The Bertz CT molecular complexity index is 1200. The van der Waals surface area contributed by atoms with Crippen LogP contribution in [0.1, 0.15) is 10.4 Å². The van der Waals surface area contributed by atoms with Crippen LogP contribution in [0.2, 0.25) is 0 Å². The molecule has 0 atom stereocenters. The fraction of sp³-hybridized carbons (Fsp3) is 0.136. The van der Waals surface area contributed by atoms with Crippen molar-refractivity contribution in [2.45, 2.75) is 11.5 Å². The van der Waals surface area contributed by atoms with E-state index in [0.29, 0.717) is 5.69 Å². The predicted molar refractivity (Wildman–Crippen MR) is 116 cm³/mol. The highest BCUT2D eigenvalue weighted by molar-refractivity contribution is 7.92. The molecule has 0 unspecified atom stereocenters. The summed E-state index contributed by atoms with van der Waals surface area (Å²) in [6.07, 6.45) is 0. The Balaban J connectivity index is 1.84. The Labute approximate surface area is 184 Å². The van der Waals surface area contributed by atoms with Crippen LogP contribution in [0.3, 0.4) is 0 Å². The van der Waals surface area contributed by atoms with Gasteiger partial charge in [0.2, 0.25) is 0 Å². The fourth-order valence-corrected chi connectivity index (χ4v) is 4.12. The number of para-hydroxylation sites is 1. The van der Waals surface area contributed by atoms with E-state index in [9.17, 15) is 22.0 Å². The van der Waals surface area contributed by atoms with Crippen molar-refractivity contribution in [1.82, 2.24) is 0 Å². The highest BCUT2D eigenvalue weighted by Gasteiger charge is 2.22. The normalized spacial score (nSPS) is 11.2. The first-order valence-electron chi connectivity index (χ1n) is 9.30. The second kappa shape index (κ2) is 9.65. The molecule has 0 spiro atoms. The molecule has 3 rings (SSSR count). The summed E-state index contributed by atoms with van der Waals surface area (Å²) in [5, 5.41) is 2.53. The number of benzene rings is 3. The summed E-state index contributed by atoms with van der Waals surface area (Å²) in [6.45, 7) is -3.07. The lowest BCUT2D eigenvalue weighted by molar-refractivity contribution is -0.0511. The van der Waals surface area contributed by atoms with Crippen LogP contribution in [0.15, 0.2) is 77.7 Å². The van der Waals surface area contributed by atoms with E-state index in [1.54, 1.807) is 30.3 Å². The minimum Gasteiger partial charge on any atom is -0.493 e. The number of carbonyl (C=O) groups is 1. The Morgan fingerprint density at radius 1 is 0.969 bits per heavy atom. The van der Waals surface area contributed by atoms with Crippen LogP contribution < -0.4 is 19.1 Å². The second-order valence-electron chi connectivity index (χ2n) is 6.53. The maximum Gasteiger partial charge on any atom is 0.387 e. The summed E-state index contributed by atoms with van der Waals surface area (Å²) in [7, 11) is -1.20. The van der Waals surface area contributed by atoms with Crippen LogP contribution in [0.5, 0.6) is 11.5 Å². The summed E-state index contributed by atoms with van der Waals surface area (Å²) >= 11 is 0. The van der Waals surface area contributed by atoms with E-state index in [4.69, 9.17) is 4.74 Å². The van der Waals surface area contributed by atoms with Crippen molar-refractivity contribution < 1.29 is 31.5 Å². The van der Waals surface area contributed by atoms with E-state index in [1.807, 2.05) is 0 Å². The van der Waals surface area contributed by atoms with E-state index in [2.05, 4.69) is 10.1 Å². The molecule has 0 heterocycles. The number of nitrogens with zero attached hydrogens (tertiary/aromatic N) is 1.